The molecule has 3 nitrogen and oxygen atoms in total. The van der Waals surface area contributed by atoms with Gasteiger partial charge in [-0.1, -0.05) is 20.3 Å². The molecule has 2 aliphatic rings. The van der Waals surface area contributed by atoms with E-state index in [1.807, 2.05) is 0 Å². The third-order valence-electron chi connectivity index (χ3n) is 4.39. The molecule has 1 amide bonds. The number of nitrogens with one attached hydrogen (secondary N) is 1. The molecule has 2 fully saturated rings. The first-order valence-corrected chi connectivity index (χ1v) is 7.68. The lowest BCUT2D eigenvalue weighted by Crippen LogP contribution is -2.45. The molecular formula is C15H28N2O. The van der Waals surface area contributed by atoms with Crippen molar-refractivity contribution in [3.8, 4) is 0 Å². The highest BCUT2D eigenvalue weighted by Gasteiger charge is 2.27. The number of carbonyl (C=O) groups excluding carboxylic acids is 1. The summed E-state index contributed by atoms with van der Waals surface area (Å²) < 4.78 is 0. The van der Waals surface area contributed by atoms with Crippen molar-refractivity contribution < 1.29 is 4.79 Å². The van der Waals surface area contributed by atoms with Gasteiger partial charge in [-0.05, 0) is 51.1 Å². The van der Waals surface area contributed by atoms with Crippen molar-refractivity contribution in [2.75, 3.05) is 19.6 Å². The van der Waals surface area contributed by atoms with E-state index in [1.54, 1.807) is 0 Å². The van der Waals surface area contributed by atoms with Crippen LogP contribution >= 0.6 is 0 Å². The molecular weight excluding hydrogens is 224 g/mol. The molecule has 0 spiro atoms. The molecule has 1 N–H and O–H groups in total. The molecule has 0 bridgehead atoms. The third-order valence-corrected chi connectivity index (χ3v) is 4.39. The molecule has 1 heterocycles. The molecule has 1 saturated carbocycles. The molecule has 104 valence electrons. The Morgan fingerprint density at radius 2 is 1.89 bits per heavy atom. The molecule has 0 aromatic carbocycles. The molecule has 3 heteroatoms. The van der Waals surface area contributed by atoms with Gasteiger partial charge in [0.15, 0.2) is 0 Å². The summed E-state index contributed by atoms with van der Waals surface area (Å²) in [5.41, 5.74) is 0. The fraction of sp³-hybridized carbons (Fsp3) is 0.933. The quantitative estimate of drug-likeness (QED) is 0.787. The Balaban J connectivity index is 1.78. The highest BCUT2D eigenvalue weighted by molar-refractivity contribution is 5.79. The van der Waals surface area contributed by atoms with E-state index in [1.165, 1.54) is 38.8 Å². The monoisotopic (exact) mass is 252 g/mol. The van der Waals surface area contributed by atoms with Gasteiger partial charge in [-0.3, -0.25) is 9.69 Å². The largest absolute Gasteiger partial charge is 0.354 e. The van der Waals surface area contributed by atoms with Crippen molar-refractivity contribution >= 4 is 5.91 Å². The second-order valence-corrected chi connectivity index (χ2v) is 6.40. The van der Waals surface area contributed by atoms with Gasteiger partial charge in [0.05, 0.1) is 0 Å². The first-order chi connectivity index (χ1) is 8.66. The predicted octanol–water partition coefficient (Wildman–Crippen LogP) is 2.41. The number of rotatable bonds is 6. The summed E-state index contributed by atoms with van der Waals surface area (Å²) in [6.45, 7) is 7.84. The van der Waals surface area contributed by atoms with Crippen LogP contribution in [-0.2, 0) is 4.79 Å². The van der Waals surface area contributed by atoms with Gasteiger partial charge in [-0.2, -0.15) is 0 Å². The van der Waals surface area contributed by atoms with Crippen molar-refractivity contribution in [3.63, 3.8) is 0 Å². The van der Waals surface area contributed by atoms with Crippen LogP contribution in [0.3, 0.4) is 0 Å². The molecule has 0 radical (unpaired) electrons. The maximum absolute atomic E-state index is 11.9. The van der Waals surface area contributed by atoms with E-state index >= 15 is 0 Å². The lowest BCUT2D eigenvalue weighted by molar-refractivity contribution is -0.127. The average molecular weight is 252 g/mol. The lowest BCUT2D eigenvalue weighted by Gasteiger charge is -2.31. The highest BCUT2D eigenvalue weighted by Crippen LogP contribution is 2.26. The number of hydrogen-bond acceptors (Lipinski definition) is 2. The number of likely N-dealkylation sites (tertiary alicyclic amines) is 1. The highest BCUT2D eigenvalue weighted by atomic mass is 16.1. The van der Waals surface area contributed by atoms with E-state index in [4.69, 9.17) is 0 Å². The van der Waals surface area contributed by atoms with Gasteiger partial charge in [0.1, 0.15) is 0 Å². The normalized spacial score (nSPS) is 23.1. The molecule has 1 aliphatic carbocycles. The number of amides is 1. The second kappa shape index (κ2) is 6.55. The van der Waals surface area contributed by atoms with E-state index in [-0.39, 0.29) is 0 Å². The van der Waals surface area contributed by atoms with E-state index in [9.17, 15) is 4.79 Å². The van der Waals surface area contributed by atoms with Crippen LogP contribution in [0.4, 0.5) is 0 Å². The number of nitrogens with zero attached hydrogens (tertiary/aromatic N) is 1. The van der Waals surface area contributed by atoms with Crippen molar-refractivity contribution in [1.82, 2.24) is 10.2 Å². The summed E-state index contributed by atoms with van der Waals surface area (Å²) >= 11 is 0. The zero-order valence-electron chi connectivity index (χ0n) is 12.0. The minimum Gasteiger partial charge on any atom is -0.354 e. The van der Waals surface area contributed by atoms with Crippen LogP contribution in [0, 0.1) is 11.8 Å². The molecule has 18 heavy (non-hydrogen) atoms. The van der Waals surface area contributed by atoms with Gasteiger partial charge in [0, 0.05) is 18.5 Å². The fourth-order valence-corrected chi connectivity index (χ4v) is 3.05. The SMILES string of the molecule is CC(C)CC(CNC(=O)C1CCC1)N1CCCC1. The molecule has 2 rings (SSSR count). The number of hydrogen-bond donors (Lipinski definition) is 1. The zero-order chi connectivity index (χ0) is 13.0. The Bertz CT molecular complexity index is 268. The van der Waals surface area contributed by atoms with Crippen LogP contribution in [-0.4, -0.2) is 36.5 Å². The molecule has 1 aliphatic heterocycles. The standard InChI is InChI=1S/C15H28N2O/c1-12(2)10-14(17-8-3-4-9-17)11-16-15(18)13-6-5-7-13/h12-14H,3-11H2,1-2H3,(H,16,18). The average Bonchev–Trinajstić information content (AvgIpc) is 2.74. The Labute approximate surface area is 111 Å². The van der Waals surface area contributed by atoms with E-state index in [2.05, 4.69) is 24.1 Å². The summed E-state index contributed by atoms with van der Waals surface area (Å²) in [6.07, 6.45) is 7.29. The topological polar surface area (TPSA) is 32.3 Å². The van der Waals surface area contributed by atoms with Crippen LogP contribution in [0.2, 0.25) is 0 Å². The second-order valence-electron chi connectivity index (χ2n) is 6.40. The van der Waals surface area contributed by atoms with Gasteiger partial charge >= 0.3 is 0 Å². The van der Waals surface area contributed by atoms with Crippen LogP contribution < -0.4 is 5.32 Å². The van der Waals surface area contributed by atoms with Crippen LogP contribution in [0.5, 0.6) is 0 Å². The zero-order valence-corrected chi connectivity index (χ0v) is 12.0. The van der Waals surface area contributed by atoms with Crippen molar-refractivity contribution in [2.45, 2.75) is 58.4 Å². The van der Waals surface area contributed by atoms with Crippen LogP contribution in [0.15, 0.2) is 0 Å². The van der Waals surface area contributed by atoms with Crippen molar-refractivity contribution in [2.24, 2.45) is 11.8 Å². The lowest BCUT2D eigenvalue weighted by atomic mass is 9.85. The van der Waals surface area contributed by atoms with Gasteiger partial charge in [0.25, 0.3) is 0 Å². The van der Waals surface area contributed by atoms with E-state index in [0.29, 0.717) is 23.8 Å². The predicted molar refractivity (Wildman–Crippen MR) is 74.4 cm³/mol. The smallest absolute Gasteiger partial charge is 0.223 e. The van der Waals surface area contributed by atoms with Gasteiger partial charge in [-0.25, -0.2) is 0 Å². The molecule has 1 saturated heterocycles. The maximum Gasteiger partial charge on any atom is 0.223 e. The maximum atomic E-state index is 11.9. The Hall–Kier alpha value is -0.570. The van der Waals surface area contributed by atoms with E-state index in [0.717, 1.165) is 19.4 Å². The molecule has 1 atom stereocenters. The summed E-state index contributed by atoms with van der Waals surface area (Å²) in [7, 11) is 0. The van der Waals surface area contributed by atoms with Crippen LogP contribution in [0.25, 0.3) is 0 Å². The van der Waals surface area contributed by atoms with E-state index < -0.39 is 0 Å². The van der Waals surface area contributed by atoms with Gasteiger partial charge in [0.2, 0.25) is 5.91 Å². The van der Waals surface area contributed by atoms with Crippen molar-refractivity contribution in [3.05, 3.63) is 0 Å². The molecule has 0 aromatic rings. The number of carbonyl (C=O) groups is 1. The Morgan fingerprint density at radius 1 is 1.22 bits per heavy atom. The third kappa shape index (κ3) is 3.71. The summed E-state index contributed by atoms with van der Waals surface area (Å²) in [5.74, 6) is 1.33. The van der Waals surface area contributed by atoms with Crippen molar-refractivity contribution in [1.29, 1.82) is 0 Å². The molecule has 0 aromatic heterocycles. The van der Waals surface area contributed by atoms with Gasteiger partial charge in [-0.15, -0.1) is 0 Å². The molecule has 1 unspecified atom stereocenters. The Morgan fingerprint density at radius 3 is 2.39 bits per heavy atom. The summed E-state index contributed by atoms with van der Waals surface area (Å²) in [4.78, 5) is 14.5. The minimum absolute atomic E-state index is 0.300. The van der Waals surface area contributed by atoms with Crippen LogP contribution in [0.1, 0.15) is 52.4 Å². The first kappa shape index (κ1) is 13.9. The fourth-order valence-electron chi connectivity index (χ4n) is 3.05. The van der Waals surface area contributed by atoms with Gasteiger partial charge < -0.3 is 5.32 Å². The summed E-state index contributed by atoms with van der Waals surface area (Å²) in [5, 5.41) is 3.19. The summed E-state index contributed by atoms with van der Waals surface area (Å²) in [6, 6.07) is 0.552. The minimum atomic E-state index is 0.300. The Kier molecular flexibility index (Phi) is 5.04. The first-order valence-electron chi connectivity index (χ1n) is 7.68.